The molecule has 206 valence electrons. The minimum atomic E-state index is -4.61. The molecule has 0 saturated carbocycles. The number of para-hydroxylation sites is 1. The van der Waals surface area contributed by atoms with Crippen LogP contribution in [0.15, 0.2) is 30.3 Å². The number of likely N-dealkylation sites (tertiary alicyclic amines) is 1. The van der Waals surface area contributed by atoms with Crippen molar-refractivity contribution in [3.8, 4) is 6.07 Å². The molecule has 4 heterocycles. The quantitative estimate of drug-likeness (QED) is 0.587. The smallest absolute Gasteiger partial charge is 0.368 e. The van der Waals surface area contributed by atoms with E-state index in [9.17, 15) is 28.0 Å². The van der Waals surface area contributed by atoms with E-state index in [1.807, 2.05) is 25.1 Å². The number of rotatable bonds is 4. The maximum absolute atomic E-state index is 13.9. The Labute approximate surface area is 225 Å². The fourth-order valence-electron chi connectivity index (χ4n) is 6.11. The van der Waals surface area contributed by atoms with E-state index in [2.05, 4.69) is 20.9 Å². The van der Waals surface area contributed by atoms with Crippen LogP contribution in [0.5, 0.6) is 0 Å². The van der Waals surface area contributed by atoms with Crippen molar-refractivity contribution >= 4 is 29.0 Å². The van der Waals surface area contributed by atoms with Gasteiger partial charge in [0, 0.05) is 51.3 Å². The molecule has 0 spiro atoms. The summed E-state index contributed by atoms with van der Waals surface area (Å²) in [7, 11) is 1.64. The minimum Gasteiger partial charge on any atom is -0.368 e. The second-order valence-corrected chi connectivity index (χ2v) is 10.7. The summed E-state index contributed by atoms with van der Waals surface area (Å²) in [6.45, 7) is 6.69. The molecule has 3 atom stereocenters. The highest BCUT2D eigenvalue weighted by molar-refractivity contribution is 6.10. The van der Waals surface area contributed by atoms with Gasteiger partial charge in [0.15, 0.2) is 0 Å². The summed E-state index contributed by atoms with van der Waals surface area (Å²) in [5.74, 6) is -1.35. The van der Waals surface area contributed by atoms with Gasteiger partial charge in [-0.1, -0.05) is 12.1 Å². The molecule has 1 aromatic carbocycles. The summed E-state index contributed by atoms with van der Waals surface area (Å²) >= 11 is 0. The van der Waals surface area contributed by atoms with Crippen LogP contribution in [0, 0.1) is 37.0 Å². The van der Waals surface area contributed by atoms with Gasteiger partial charge in [0.25, 0.3) is 0 Å². The van der Waals surface area contributed by atoms with E-state index in [1.54, 1.807) is 7.05 Å². The number of nitriles is 1. The van der Waals surface area contributed by atoms with Crippen molar-refractivity contribution in [2.24, 2.45) is 11.8 Å². The number of carbonyl (C=O) groups is 2. The maximum atomic E-state index is 13.9. The third-order valence-corrected chi connectivity index (χ3v) is 8.02. The number of alkyl halides is 3. The maximum Gasteiger partial charge on any atom is 0.416 e. The van der Waals surface area contributed by atoms with Crippen molar-refractivity contribution in [3.05, 3.63) is 47.2 Å². The van der Waals surface area contributed by atoms with Crippen molar-refractivity contribution in [2.45, 2.75) is 38.9 Å². The Kier molecular flexibility index (Phi) is 7.01. The Hall–Kier alpha value is -3.65. The summed E-state index contributed by atoms with van der Waals surface area (Å²) in [4.78, 5) is 38.6. The molecule has 3 aliphatic heterocycles. The summed E-state index contributed by atoms with van der Waals surface area (Å²) in [5, 5.41) is 9.29. The zero-order chi connectivity index (χ0) is 28.1. The number of amides is 2. The molecular weight excluding hydrogens is 509 g/mol. The van der Waals surface area contributed by atoms with Crippen LogP contribution in [0.3, 0.4) is 0 Å². The number of aromatic nitrogens is 1. The normalized spacial score (nSPS) is 23.9. The molecule has 0 aliphatic carbocycles. The number of pyridine rings is 1. The first kappa shape index (κ1) is 26.9. The molecule has 0 radical (unpaired) electrons. The average molecular weight is 541 g/mol. The number of fused-ring (bicyclic) bond motifs is 2. The molecule has 1 aromatic heterocycles. The lowest BCUT2D eigenvalue weighted by atomic mass is 9.95. The lowest BCUT2D eigenvalue weighted by molar-refractivity contribution is -0.137. The fraction of sp³-hybridized carbons (Fsp3) is 0.500. The number of hydrogen-bond donors (Lipinski definition) is 0. The largest absolute Gasteiger partial charge is 0.416 e. The molecule has 2 fully saturated rings. The Morgan fingerprint density at radius 3 is 2.59 bits per heavy atom. The van der Waals surface area contributed by atoms with Crippen molar-refractivity contribution < 1.29 is 22.8 Å². The van der Waals surface area contributed by atoms with Crippen molar-refractivity contribution in [3.63, 3.8) is 0 Å². The number of nitrogens with zero attached hydrogens (tertiary/aromatic N) is 6. The zero-order valence-corrected chi connectivity index (χ0v) is 22.2. The first-order chi connectivity index (χ1) is 18.5. The average Bonchev–Trinajstić information content (AvgIpc) is 3.47. The number of aryl methyl sites for hydroxylation is 2. The molecule has 2 aromatic rings. The highest BCUT2D eigenvalue weighted by Gasteiger charge is 2.49. The van der Waals surface area contributed by atoms with Crippen LogP contribution in [0.2, 0.25) is 0 Å². The van der Waals surface area contributed by atoms with E-state index in [-0.39, 0.29) is 29.8 Å². The van der Waals surface area contributed by atoms with Crippen LogP contribution in [-0.2, 0) is 15.8 Å². The van der Waals surface area contributed by atoms with Gasteiger partial charge in [-0.05, 0) is 50.6 Å². The lowest BCUT2D eigenvalue weighted by Gasteiger charge is -2.40. The van der Waals surface area contributed by atoms with E-state index < -0.39 is 29.6 Å². The third-order valence-electron chi connectivity index (χ3n) is 8.02. The number of anilines is 3. The fourth-order valence-corrected chi connectivity index (χ4v) is 6.11. The van der Waals surface area contributed by atoms with Crippen molar-refractivity contribution in [2.75, 3.05) is 54.5 Å². The Bertz CT molecular complexity index is 1340. The molecule has 2 amide bonds. The van der Waals surface area contributed by atoms with Crippen molar-refractivity contribution in [1.82, 2.24) is 9.88 Å². The predicted octanol–water partition coefficient (Wildman–Crippen LogP) is 3.77. The molecule has 3 aliphatic rings. The minimum absolute atomic E-state index is 0.0175. The van der Waals surface area contributed by atoms with E-state index in [1.165, 1.54) is 16.7 Å². The van der Waals surface area contributed by atoms with Crippen LogP contribution in [0.25, 0.3) is 0 Å². The van der Waals surface area contributed by atoms with E-state index in [0.29, 0.717) is 31.9 Å². The molecule has 1 unspecified atom stereocenters. The molecule has 2 saturated heterocycles. The Morgan fingerprint density at radius 2 is 1.90 bits per heavy atom. The van der Waals surface area contributed by atoms with Gasteiger partial charge < -0.3 is 14.7 Å². The first-order valence-corrected chi connectivity index (χ1v) is 13.1. The van der Waals surface area contributed by atoms with Crippen LogP contribution in [-0.4, -0.2) is 67.5 Å². The van der Waals surface area contributed by atoms with Gasteiger partial charge in [0.05, 0.1) is 28.9 Å². The van der Waals surface area contributed by atoms with Crippen molar-refractivity contribution in [1.29, 1.82) is 5.26 Å². The van der Waals surface area contributed by atoms with E-state index in [4.69, 9.17) is 0 Å². The Morgan fingerprint density at radius 1 is 1.13 bits per heavy atom. The summed E-state index contributed by atoms with van der Waals surface area (Å²) in [6.07, 6.45) is -3.75. The molecule has 5 rings (SSSR count). The zero-order valence-electron chi connectivity index (χ0n) is 22.2. The van der Waals surface area contributed by atoms with Crippen LogP contribution >= 0.6 is 0 Å². The number of halogens is 3. The summed E-state index contributed by atoms with van der Waals surface area (Å²) in [5.41, 5.74) is 1.78. The number of carbonyl (C=O) groups excluding carboxylic acids is 2. The summed E-state index contributed by atoms with van der Waals surface area (Å²) in [6, 6.07) is 8.84. The second kappa shape index (κ2) is 10.2. The summed E-state index contributed by atoms with van der Waals surface area (Å²) < 4.78 is 40.8. The van der Waals surface area contributed by atoms with Gasteiger partial charge in [-0.25, -0.2) is 4.98 Å². The molecule has 11 heteroatoms. The van der Waals surface area contributed by atoms with Gasteiger partial charge in [-0.2, -0.15) is 18.4 Å². The van der Waals surface area contributed by atoms with Crippen LogP contribution in [0.4, 0.5) is 30.4 Å². The SMILES string of the molecule is Cc1cc(C(F)(F)F)cc(N2C(=O)C[C@@H]3CN(CCN4CCC(C#N)C4)c4c(C)cccc4N(C)C(=O)[C@H]32)n1. The van der Waals surface area contributed by atoms with Gasteiger partial charge >= 0.3 is 6.18 Å². The topological polar surface area (TPSA) is 83.8 Å². The molecule has 0 N–H and O–H groups in total. The number of likely N-dealkylation sites (N-methyl/N-ethyl adjacent to an activating group) is 1. The monoisotopic (exact) mass is 540 g/mol. The van der Waals surface area contributed by atoms with Gasteiger partial charge in [-0.15, -0.1) is 0 Å². The highest BCUT2D eigenvalue weighted by atomic mass is 19.4. The van der Waals surface area contributed by atoms with Crippen LogP contribution in [0.1, 0.15) is 29.7 Å². The standard InChI is InChI=1S/C28H31F3N6O2/c1-17-5-4-6-22-25(17)36(10-9-35-8-7-19(14-32)15-35)16-20-12-24(38)37(26(20)27(39)34(22)3)23-13-21(28(29,30)31)11-18(2)33-23/h4-6,11,13,19-20,26H,7-10,12,15-16H2,1-3H3/t19?,20-,26+/m1/s1. The molecule has 8 nitrogen and oxygen atoms in total. The van der Waals surface area contributed by atoms with Gasteiger partial charge in [-0.3, -0.25) is 14.5 Å². The molecule has 39 heavy (non-hydrogen) atoms. The highest BCUT2D eigenvalue weighted by Crippen LogP contribution is 2.41. The van der Waals surface area contributed by atoms with Gasteiger partial charge in [0.1, 0.15) is 11.9 Å². The van der Waals surface area contributed by atoms with E-state index in [0.717, 1.165) is 36.3 Å². The number of hydrogen-bond acceptors (Lipinski definition) is 6. The van der Waals surface area contributed by atoms with Gasteiger partial charge in [0.2, 0.25) is 11.8 Å². The predicted molar refractivity (Wildman–Crippen MR) is 140 cm³/mol. The third kappa shape index (κ3) is 5.05. The number of benzene rings is 1. The first-order valence-electron chi connectivity index (χ1n) is 13.1. The van der Waals surface area contributed by atoms with Crippen LogP contribution < -0.4 is 14.7 Å². The molecular formula is C28H31F3N6O2. The van der Waals surface area contributed by atoms with E-state index >= 15 is 0 Å². The second-order valence-electron chi connectivity index (χ2n) is 10.7. The Balaban J connectivity index is 1.52. The lowest BCUT2D eigenvalue weighted by Crippen LogP contribution is -2.53. The molecule has 0 bridgehead atoms.